The Hall–Kier alpha value is -2.22. The van der Waals surface area contributed by atoms with Gasteiger partial charge in [-0.1, -0.05) is 25.7 Å². The van der Waals surface area contributed by atoms with Crippen molar-refractivity contribution in [1.82, 2.24) is 5.06 Å². The molecule has 0 aromatic carbocycles. The highest BCUT2D eigenvalue weighted by Crippen LogP contribution is 2.25. The minimum Gasteiger partial charge on any atom is -0.758 e. The molecule has 0 aromatic rings. The summed E-state index contributed by atoms with van der Waals surface area (Å²) in [5.41, 5.74) is -0.516. The van der Waals surface area contributed by atoms with Gasteiger partial charge in [0.15, 0.2) is 0 Å². The zero-order chi connectivity index (χ0) is 20.5. The molecular formula is C20H30N2O6. The largest absolute Gasteiger partial charge is 0.758 e. The van der Waals surface area contributed by atoms with Crippen LogP contribution >= 0.6 is 0 Å². The van der Waals surface area contributed by atoms with Crippen LogP contribution in [0.4, 0.5) is 0 Å². The summed E-state index contributed by atoms with van der Waals surface area (Å²) in [6.07, 6.45) is 11.0. The van der Waals surface area contributed by atoms with Gasteiger partial charge in [-0.3, -0.25) is 0 Å². The molecule has 2 rings (SSSR count). The Morgan fingerprint density at radius 2 is 1.39 bits per heavy atom. The molecule has 2 aliphatic carbocycles. The van der Waals surface area contributed by atoms with Crippen molar-refractivity contribution >= 4 is 11.9 Å². The molecule has 0 unspecified atom stereocenters. The molecule has 0 atom stereocenters. The fourth-order valence-corrected chi connectivity index (χ4v) is 3.82. The van der Waals surface area contributed by atoms with E-state index in [4.69, 9.17) is 9.47 Å². The second kappa shape index (κ2) is 10.9. The molecule has 8 nitrogen and oxygen atoms in total. The quantitative estimate of drug-likeness (QED) is 0.215. The lowest BCUT2D eigenvalue weighted by Crippen LogP contribution is -2.30. The Labute approximate surface area is 165 Å². The second-order valence-electron chi connectivity index (χ2n) is 7.37. The van der Waals surface area contributed by atoms with E-state index in [9.17, 15) is 19.7 Å². The average Bonchev–Trinajstić information content (AvgIpc) is 2.75. The first-order chi connectivity index (χ1) is 13.5. The standard InChI is InChI=1S/C20H30N2O6/c1-27-19(23)17(13-21(25)15-9-5-3-6-10-15)18(20(24)28-2)14-22(26)16-11-7-4-8-12-16/h13-16H,3-12H2,1-2H3. The molecule has 0 heterocycles. The number of nitroso groups, excluding NO2 is 1. The number of methoxy groups -OCH3 is 2. The van der Waals surface area contributed by atoms with Crippen molar-refractivity contribution in [2.45, 2.75) is 76.3 Å². The summed E-state index contributed by atoms with van der Waals surface area (Å²) in [4.78, 5) is 37.2. The maximum Gasteiger partial charge on any atom is 0.345 e. The van der Waals surface area contributed by atoms with E-state index in [1.807, 2.05) is 0 Å². The molecule has 0 N–H and O–H groups in total. The molecule has 2 fully saturated rings. The minimum absolute atomic E-state index is 0.256. The van der Waals surface area contributed by atoms with Gasteiger partial charge >= 0.3 is 11.9 Å². The van der Waals surface area contributed by atoms with Crippen molar-refractivity contribution in [3.8, 4) is 0 Å². The normalized spacial score (nSPS) is 19.8. The van der Waals surface area contributed by atoms with Crippen LogP contribution in [0.2, 0.25) is 0 Å². The number of rotatable bonds is 7. The van der Waals surface area contributed by atoms with Gasteiger partial charge in [0.1, 0.15) is 5.57 Å². The molecular weight excluding hydrogens is 364 g/mol. The van der Waals surface area contributed by atoms with Gasteiger partial charge in [0.2, 0.25) is 12.2 Å². The molecule has 0 aromatic heterocycles. The summed E-state index contributed by atoms with van der Waals surface area (Å²) < 4.78 is 10.2. The molecule has 156 valence electrons. The first kappa shape index (κ1) is 22.1. The Kier molecular flexibility index (Phi) is 8.63. The van der Waals surface area contributed by atoms with Crippen LogP contribution < -0.4 is 0 Å². The van der Waals surface area contributed by atoms with Crippen LogP contribution in [0.15, 0.2) is 23.5 Å². The van der Waals surface area contributed by atoms with Crippen molar-refractivity contribution in [1.29, 1.82) is 0 Å². The van der Waals surface area contributed by atoms with E-state index in [1.54, 1.807) is 0 Å². The molecule has 28 heavy (non-hydrogen) atoms. The number of carbonyl (C=O) groups is 2. The van der Waals surface area contributed by atoms with Gasteiger partial charge in [0, 0.05) is 34.8 Å². The van der Waals surface area contributed by atoms with Crippen molar-refractivity contribution in [2.75, 3.05) is 14.2 Å². The molecule has 0 radical (unpaired) electrons. The maximum atomic E-state index is 12.6. The van der Waals surface area contributed by atoms with Crippen LogP contribution in [-0.4, -0.2) is 48.1 Å². The summed E-state index contributed by atoms with van der Waals surface area (Å²) in [5.74, 6) is -1.71. The van der Waals surface area contributed by atoms with E-state index < -0.39 is 11.9 Å². The zero-order valence-electron chi connectivity index (χ0n) is 16.7. The lowest BCUT2D eigenvalue weighted by Gasteiger charge is -2.38. The van der Waals surface area contributed by atoms with Crippen molar-refractivity contribution in [2.24, 2.45) is 0 Å². The number of carbonyl (C=O) groups excluding carboxylic acids is 2. The van der Waals surface area contributed by atoms with Gasteiger partial charge in [0.25, 0.3) is 0 Å². The van der Waals surface area contributed by atoms with Crippen molar-refractivity contribution in [3.63, 3.8) is 0 Å². The highest BCUT2D eigenvalue weighted by Gasteiger charge is 2.32. The second-order valence-corrected chi connectivity index (χ2v) is 7.37. The molecule has 0 amide bonds. The van der Waals surface area contributed by atoms with Crippen LogP contribution in [0.5, 0.6) is 0 Å². The first-order valence-electron chi connectivity index (χ1n) is 9.99. The number of esters is 2. The highest BCUT2D eigenvalue weighted by atomic mass is 16.5. The smallest absolute Gasteiger partial charge is 0.345 e. The minimum atomic E-state index is -0.856. The predicted octanol–water partition coefficient (Wildman–Crippen LogP) is 3.34. The lowest BCUT2D eigenvalue weighted by atomic mass is 9.95. The molecule has 0 bridgehead atoms. The summed E-state index contributed by atoms with van der Waals surface area (Å²) in [6, 6.07) is -0.511. The van der Waals surface area contributed by atoms with E-state index in [-0.39, 0.29) is 23.2 Å². The van der Waals surface area contributed by atoms with Gasteiger partial charge in [-0.2, -0.15) is 0 Å². The van der Waals surface area contributed by atoms with E-state index in [1.165, 1.54) is 0 Å². The third-order valence-electron chi connectivity index (χ3n) is 5.48. The van der Waals surface area contributed by atoms with Gasteiger partial charge in [-0.25, -0.2) is 9.59 Å². The van der Waals surface area contributed by atoms with Gasteiger partial charge in [-0.05, 0) is 25.7 Å². The SMILES string of the molecule is COC(=O)C(=CN([O-])C1CCCCC1)C(=C[N+](=O)C1CCCCC1)C(=O)OC. The summed E-state index contributed by atoms with van der Waals surface area (Å²) in [6.45, 7) is 0. The van der Waals surface area contributed by atoms with Crippen LogP contribution in [0.25, 0.3) is 0 Å². The molecule has 2 aliphatic rings. The zero-order valence-corrected chi connectivity index (χ0v) is 16.7. The van der Waals surface area contributed by atoms with E-state index in [2.05, 4.69) is 0 Å². The molecule has 0 saturated heterocycles. The summed E-state index contributed by atoms with van der Waals surface area (Å²) >= 11 is 0. The Balaban J connectivity index is 2.34. The van der Waals surface area contributed by atoms with E-state index in [0.29, 0.717) is 9.82 Å². The van der Waals surface area contributed by atoms with Crippen LogP contribution in [0, 0.1) is 10.1 Å². The molecule has 2 saturated carbocycles. The first-order valence-corrected chi connectivity index (χ1v) is 9.99. The number of hydroxylamine groups is 2. The van der Waals surface area contributed by atoms with Gasteiger partial charge < -0.3 is 19.7 Å². The van der Waals surface area contributed by atoms with Crippen LogP contribution in [0.3, 0.4) is 0 Å². The highest BCUT2D eigenvalue weighted by molar-refractivity contribution is 6.06. The van der Waals surface area contributed by atoms with Crippen LogP contribution in [0.1, 0.15) is 64.2 Å². The number of hydrogen-bond acceptors (Lipinski definition) is 7. The molecule has 0 spiro atoms. The Bertz CT molecular complexity index is 631. The van der Waals surface area contributed by atoms with Gasteiger partial charge in [-0.15, -0.1) is 0 Å². The number of ether oxygens (including phenoxy) is 2. The lowest BCUT2D eigenvalue weighted by molar-refractivity contribution is -0.526. The third-order valence-corrected chi connectivity index (χ3v) is 5.48. The summed E-state index contributed by atoms with van der Waals surface area (Å²) in [7, 11) is 2.33. The van der Waals surface area contributed by atoms with E-state index in [0.717, 1.165) is 90.8 Å². The fraction of sp³-hybridized carbons (Fsp3) is 0.700. The maximum absolute atomic E-state index is 12.6. The Morgan fingerprint density at radius 1 is 0.893 bits per heavy atom. The number of nitrogens with zero attached hydrogens (tertiary/aromatic N) is 2. The van der Waals surface area contributed by atoms with E-state index >= 15 is 0 Å². The molecule has 0 aliphatic heterocycles. The summed E-state index contributed by atoms with van der Waals surface area (Å²) in [5, 5.41) is 13.3. The fourth-order valence-electron chi connectivity index (χ4n) is 3.82. The molecule has 8 heteroatoms. The van der Waals surface area contributed by atoms with Crippen molar-refractivity contribution in [3.05, 3.63) is 33.7 Å². The monoisotopic (exact) mass is 394 g/mol. The third kappa shape index (κ3) is 5.89. The average molecular weight is 394 g/mol. The van der Waals surface area contributed by atoms with Crippen molar-refractivity contribution < 1.29 is 23.8 Å². The Morgan fingerprint density at radius 3 is 1.93 bits per heavy atom. The number of hydrogen-bond donors (Lipinski definition) is 0. The predicted molar refractivity (Wildman–Crippen MR) is 103 cm³/mol. The van der Waals surface area contributed by atoms with Crippen LogP contribution in [-0.2, 0) is 19.1 Å². The topological polar surface area (TPSA) is 99.0 Å². The van der Waals surface area contributed by atoms with Gasteiger partial charge in [0.05, 0.1) is 19.8 Å².